The second-order valence-electron chi connectivity index (χ2n) is 10.3. The number of carbonyl (C=O) groups is 1. The van der Waals surface area contributed by atoms with Crippen LogP contribution in [0.2, 0.25) is 0 Å². The molecule has 0 amide bonds. The van der Waals surface area contributed by atoms with Crippen LogP contribution in [0, 0.1) is 11.3 Å². The maximum absolute atomic E-state index is 12.9. The molecule has 6 nitrogen and oxygen atoms in total. The molecule has 1 heterocycles. The Balaban J connectivity index is 2.16. The fourth-order valence-electron chi connectivity index (χ4n) is 4.94. The lowest BCUT2D eigenvalue weighted by atomic mass is 9.64. The van der Waals surface area contributed by atoms with E-state index >= 15 is 0 Å². The van der Waals surface area contributed by atoms with E-state index in [1.807, 2.05) is 32.9 Å². The van der Waals surface area contributed by atoms with Crippen LogP contribution in [0.25, 0.3) is 0 Å². The molecule has 1 aliphatic heterocycles. The monoisotopic (exact) mass is 446 g/mol. The summed E-state index contributed by atoms with van der Waals surface area (Å²) in [4.78, 5) is 12.9. The van der Waals surface area contributed by atoms with Gasteiger partial charge in [-0.1, -0.05) is 25.3 Å². The fourth-order valence-corrected chi connectivity index (χ4v) is 4.94. The molecule has 0 spiro atoms. The zero-order valence-electron chi connectivity index (χ0n) is 20.0. The molecule has 1 aromatic rings. The highest BCUT2D eigenvalue weighted by atomic mass is 16.5. The van der Waals surface area contributed by atoms with Crippen molar-refractivity contribution < 1.29 is 29.6 Å². The Labute approximate surface area is 191 Å². The Kier molecular flexibility index (Phi) is 7.08. The SMILES string of the molecule is CCCCCc1cc(OC(=O)C(C)(CO)CO)c2c(c1)OC(C)(C)[C@@H]1CCC(C)=C[C@@]21O. The minimum Gasteiger partial charge on any atom is -0.487 e. The number of carbonyl (C=O) groups excluding carboxylic acids is 1. The fraction of sp³-hybridized carbons (Fsp3) is 0.654. The van der Waals surface area contributed by atoms with Gasteiger partial charge in [0.2, 0.25) is 0 Å². The van der Waals surface area contributed by atoms with Gasteiger partial charge in [-0.25, -0.2) is 0 Å². The number of fused-ring (bicyclic) bond motifs is 3. The molecule has 1 aliphatic carbocycles. The van der Waals surface area contributed by atoms with Crippen molar-refractivity contribution in [2.75, 3.05) is 13.2 Å². The smallest absolute Gasteiger partial charge is 0.321 e. The van der Waals surface area contributed by atoms with Crippen molar-refractivity contribution in [1.29, 1.82) is 0 Å². The standard InChI is InChI=1S/C26H38O6/c1-6-7-8-9-18-12-19(31-23(29)25(5,15-27)16-28)22-20(13-18)32-24(3,4)21-11-10-17(2)14-26(21,22)30/h12-14,21,27-28,30H,6-11,15-16H2,1-5H3/t21-,26-/m0/s1. The molecule has 0 saturated carbocycles. The van der Waals surface area contributed by atoms with Crippen LogP contribution in [0.3, 0.4) is 0 Å². The van der Waals surface area contributed by atoms with Gasteiger partial charge in [0.25, 0.3) is 0 Å². The summed E-state index contributed by atoms with van der Waals surface area (Å²) in [5.41, 5.74) is -0.901. The third-order valence-corrected chi connectivity index (χ3v) is 7.03. The second kappa shape index (κ2) is 9.16. The molecule has 0 bridgehead atoms. The summed E-state index contributed by atoms with van der Waals surface area (Å²) in [6.07, 6.45) is 7.45. The lowest BCUT2D eigenvalue weighted by Crippen LogP contribution is -2.54. The van der Waals surface area contributed by atoms with E-state index in [2.05, 4.69) is 6.92 Å². The number of allylic oxidation sites excluding steroid dienone is 1. The lowest BCUT2D eigenvalue weighted by molar-refractivity contribution is -0.150. The molecule has 0 saturated heterocycles. The number of hydrogen-bond acceptors (Lipinski definition) is 6. The predicted molar refractivity (Wildman–Crippen MR) is 123 cm³/mol. The van der Waals surface area contributed by atoms with Gasteiger partial charge in [0.15, 0.2) is 0 Å². The van der Waals surface area contributed by atoms with E-state index in [1.54, 1.807) is 6.07 Å². The molecule has 0 unspecified atom stereocenters. The van der Waals surface area contributed by atoms with Crippen molar-refractivity contribution in [3.05, 3.63) is 34.9 Å². The molecule has 3 rings (SSSR count). The van der Waals surface area contributed by atoms with Crippen molar-refractivity contribution in [2.24, 2.45) is 11.3 Å². The van der Waals surface area contributed by atoms with Crippen LogP contribution in [0.1, 0.15) is 77.8 Å². The van der Waals surface area contributed by atoms with Crippen molar-refractivity contribution in [3.8, 4) is 11.5 Å². The highest BCUT2D eigenvalue weighted by molar-refractivity contribution is 5.80. The largest absolute Gasteiger partial charge is 0.487 e. The van der Waals surface area contributed by atoms with E-state index in [4.69, 9.17) is 9.47 Å². The molecular formula is C26H38O6. The number of aliphatic hydroxyl groups is 3. The summed E-state index contributed by atoms with van der Waals surface area (Å²) in [6.45, 7) is 8.48. The third-order valence-electron chi connectivity index (χ3n) is 7.03. The van der Waals surface area contributed by atoms with E-state index in [-0.39, 0.29) is 11.7 Å². The van der Waals surface area contributed by atoms with Gasteiger partial charge in [0, 0.05) is 5.92 Å². The molecule has 1 aromatic carbocycles. The third kappa shape index (κ3) is 4.45. The summed E-state index contributed by atoms with van der Waals surface area (Å²) < 4.78 is 12.2. The maximum Gasteiger partial charge on any atom is 0.321 e. The molecule has 0 aromatic heterocycles. The molecule has 2 atom stereocenters. The first-order valence-electron chi connectivity index (χ1n) is 11.7. The van der Waals surface area contributed by atoms with Gasteiger partial charge >= 0.3 is 5.97 Å². The first-order valence-corrected chi connectivity index (χ1v) is 11.7. The number of benzene rings is 1. The Hall–Kier alpha value is -1.89. The van der Waals surface area contributed by atoms with Crippen LogP contribution in [0.15, 0.2) is 23.8 Å². The zero-order valence-corrected chi connectivity index (χ0v) is 20.0. The van der Waals surface area contributed by atoms with Crippen LogP contribution in [-0.2, 0) is 16.8 Å². The quantitative estimate of drug-likeness (QED) is 0.241. The number of unbranched alkanes of at least 4 members (excludes halogenated alkanes) is 2. The zero-order chi connectivity index (χ0) is 23.7. The highest BCUT2D eigenvalue weighted by Gasteiger charge is 2.55. The molecule has 178 valence electrons. The van der Waals surface area contributed by atoms with E-state index < -0.39 is 35.8 Å². The molecule has 3 N–H and O–H groups in total. The van der Waals surface area contributed by atoms with Crippen LogP contribution in [0.4, 0.5) is 0 Å². The summed E-state index contributed by atoms with van der Waals surface area (Å²) in [5.74, 6) is -0.194. The van der Waals surface area contributed by atoms with Crippen molar-refractivity contribution >= 4 is 5.97 Å². The minimum atomic E-state index is -1.44. The average molecular weight is 447 g/mol. The van der Waals surface area contributed by atoms with E-state index in [1.165, 1.54) is 6.92 Å². The molecule has 6 heteroatoms. The summed E-state index contributed by atoms with van der Waals surface area (Å²) in [7, 11) is 0. The molecule has 0 fully saturated rings. The molecule has 2 aliphatic rings. The van der Waals surface area contributed by atoms with E-state index in [0.717, 1.165) is 49.7 Å². The van der Waals surface area contributed by atoms with E-state index in [0.29, 0.717) is 11.3 Å². The summed E-state index contributed by atoms with van der Waals surface area (Å²) >= 11 is 0. The Bertz CT molecular complexity index is 883. The Morgan fingerprint density at radius 3 is 2.56 bits per heavy atom. The topological polar surface area (TPSA) is 96.2 Å². The highest BCUT2D eigenvalue weighted by Crippen LogP contribution is 2.56. The summed E-state index contributed by atoms with van der Waals surface area (Å²) in [5, 5.41) is 31.4. The van der Waals surface area contributed by atoms with Crippen LogP contribution in [0.5, 0.6) is 11.5 Å². The number of ether oxygens (including phenoxy) is 2. The molecule has 0 radical (unpaired) electrons. The van der Waals surface area contributed by atoms with Gasteiger partial charge in [-0.05, 0) is 77.2 Å². The number of aryl methyl sites for hydroxylation is 1. The lowest BCUT2D eigenvalue weighted by Gasteiger charge is -2.51. The van der Waals surface area contributed by atoms with Gasteiger partial charge in [0.05, 0.1) is 18.8 Å². The van der Waals surface area contributed by atoms with Gasteiger partial charge in [-0.3, -0.25) is 4.79 Å². The van der Waals surface area contributed by atoms with Crippen molar-refractivity contribution in [3.63, 3.8) is 0 Å². The minimum absolute atomic E-state index is 0.211. The maximum atomic E-state index is 12.9. The first-order chi connectivity index (χ1) is 15.0. The van der Waals surface area contributed by atoms with Gasteiger partial charge in [-0.15, -0.1) is 0 Å². The first kappa shape index (κ1) is 24.7. The Morgan fingerprint density at radius 2 is 1.94 bits per heavy atom. The number of hydrogen-bond donors (Lipinski definition) is 3. The van der Waals surface area contributed by atoms with Gasteiger partial charge < -0.3 is 24.8 Å². The van der Waals surface area contributed by atoms with Crippen molar-refractivity contribution in [1.82, 2.24) is 0 Å². The van der Waals surface area contributed by atoms with E-state index in [9.17, 15) is 20.1 Å². The average Bonchev–Trinajstić information content (AvgIpc) is 2.71. The second-order valence-corrected chi connectivity index (χ2v) is 10.3. The summed E-state index contributed by atoms with van der Waals surface area (Å²) in [6, 6.07) is 3.75. The van der Waals surface area contributed by atoms with Crippen LogP contribution in [-0.4, -0.2) is 40.1 Å². The van der Waals surface area contributed by atoms with Crippen LogP contribution < -0.4 is 9.47 Å². The normalized spacial score (nSPS) is 24.1. The predicted octanol–water partition coefficient (Wildman–Crippen LogP) is 4.03. The van der Waals surface area contributed by atoms with Gasteiger partial charge in [0.1, 0.15) is 28.1 Å². The van der Waals surface area contributed by atoms with Gasteiger partial charge in [-0.2, -0.15) is 0 Å². The van der Waals surface area contributed by atoms with Crippen LogP contribution >= 0.6 is 0 Å². The molecular weight excluding hydrogens is 408 g/mol. The molecule has 32 heavy (non-hydrogen) atoms. The number of esters is 1. The number of aliphatic hydroxyl groups excluding tert-OH is 2. The Morgan fingerprint density at radius 1 is 1.25 bits per heavy atom. The van der Waals surface area contributed by atoms with Crippen molar-refractivity contribution in [2.45, 2.75) is 84.3 Å². The number of rotatable bonds is 8.